The van der Waals surface area contributed by atoms with Gasteiger partial charge in [-0.2, -0.15) is 10.2 Å². The number of likely N-dealkylation sites (tertiary alicyclic amines) is 2. The van der Waals surface area contributed by atoms with Crippen LogP contribution in [0.3, 0.4) is 0 Å². The summed E-state index contributed by atoms with van der Waals surface area (Å²) >= 11 is 5.64. The number of piperidine rings is 2. The van der Waals surface area contributed by atoms with Crippen molar-refractivity contribution in [1.82, 2.24) is 24.3 Å². The average molecular weight is 569 g/mol. The highest BCUT2D eigenvalue weighted by Crippen LogP contribution is 2.26. The molecule has 2 fully saturated rings. The zero-order valence-electron chi connectivity index (χ0n) is 23.9. The Hall–Kier alpha value is -3.59. The van der Waals surface area contributed by atoms with Gasteiger partial charge in [0, 0.05) is 51.1 Å². The number of hydrogen-bond acceptors (Lipinski definition) is 8. The summed E-state index contributed by atoms with van der Waals surface area (Å²) in [4.78, 5) is 37.1. The van der Waals surface area contributed by atoms with Crippen LogP contribution in [0.1, 0.15) is 53.4 Å². The fourth-order valence-corrected chi connectivity index (χ4v) is 5.39. The third kappa shape index (κ3) is 6.94. The van der Waals surface area contributed by atoms with Gasteiger partial charge < -0.3 is 19.3 Å². The van der Waals surface area contributed by atoms with Crippen LogP contribution in [0.4, 0.5) is 10.6 Å². The third-order valence-corrected chi connectivity index (χ3v) is 7.66. The fourth-order valence-electron chi connectivity index (χ4n) is 5.11. The number of ether oxygens (including phenoxy) is 2. The van der Waals surface area contributed by atoms with Gasteiger partial charge in [-0.1, -0.05) is 6.92 Å². The van der Waals surface area contributed by atoms with E-state index in [0.29, 0.717) is 55.8 Å². The number of aromatic nitrogens is 3. The first-order chi connectivity index (χ1) is 19.0. The van der Waals surface area contributed by atoms with Crippen molar-refractivity contribution < 1.29 is 23.6 Å². The number of nitrogens with zero attached hydrogens (tertiary/aromatic N) is 7. The van der Waals surface area contributed by atoms with Crippen molar-refractivity contribution in [3.63, 3.8) is 0 Å². The molecule has 2 aliphatic heterocycles. The Morgan fingerprint density at radius 1 is 1.20 bits per heavy atom. The van der Waals surface area contributed by atoms with E-state index in [0.717, 1.165) is 17.6 Å². The maximum atomic E-state index is 12.4. The van der Waals surface area contributed by atoms with Gasteiger partial charge in [0.2, 0.25) is 12.2 Å². The Morgan fingerprint density at radius 3 is 2.58 bits per heavy atom. The van der Waals surface area contributed by atoms with E-state index in [9.17, 15) is 9.59 Å². The predicted octanol–water partition coefficient (Wildman–Crippen LogP) is 3.72. The molecule has 0 aliphatic carbocycles. The molecule has 2 aromatic heterocycles. The zero-order valence-corrected chi connectivity index (χ0v) is 24.7. The highest BCUT2D eigenvalue weighted by atomic mass is 32.1. The molecule has 0 N–H and O–H groups in total. The third-order valence-electron chi connectivity index (χ3n) is 7.37. The lowest BCUT2D eigenvalue weighted by Crippen LogP contribution is -2.44. The van der Waals surface area contributed by atoms with Crippen molar-refractivity contribution >= 4 is 52.5 Å². The smallest absolute Gasteiger partial charge is 0.410 e. The molecule has 0 saturated carbocycles. The minimum Gasteiger partial charge on any atom is -0.467 e. The lowest BCUT2D eigenvalue weighted by Gasteiger charge is -2.34. The first-order valence-corrected chi connectivity index (χ1v) is 14.1. The quantitative estimate of drug-likeness (QED) is 0.311. The summed E-state index contributed by atoms with van der Waals surface area (Å²) in [6.07, 6.45) is 7.12. The molecule has 40 heavy (non-hydrogen) atoms. The summed E-state index contributed by atoms with van der Waals surface area (Å²) in [5, 5.41) is 10.0. The molecule has 2 saturated heterocycles. The molecule has 12 heteroatoms. The Balaban J connectivity index is 1.43. The molecule has 0 aromatic carbocycles. The van der Waals surface area contributed by atoms with E-state index in [1.807, 2.05) is 50.7 Å². The lowest BCUT2D eigenvalue weighted by atomic mass is 9.87. The van der Waals surface area contributed by atoms with Crippen LogP contribution in [-0.4, -0.2) is 97.2 Å². The number of carbonyl (C=O) groups is 2. The standard InChI is InChI=1S/C28H38N7O4S/c1-19-7-12-34(23(36)6-11-29)17-20(19)16-32(5)24-22-10-15-35(25(22)31-18-30-24)27(40)38-21-8-13-33(14-9-21)26(37)39-28(2,3)4/h10,15-16,18-21H,6-9,12-14,17H2,1-5H3/q+1/b32-16+/t19-,20?/m1/s1. The first kappa shape index (κ1) is 29.4. The van der Waals surface area contributed by atoms with Gasteiger partial charge in [0.05, 0.1) is 19.3 Å². The van der Waals surface area contributed by atoms with Gasteiger partial charge >= 0.3 is 11.9 Å². The largest absolute Gasteiger partial charge is 0.467 e. The van der Waals surface area contributed by atoms with Crippen LogP contribution in [0, 0.1) is 23.2 Å². The highest BCUT2D eigenvalue weighted by molar-refractivity contribution is 7.80. The minimum atomic E-state index is -0.528. The van der Waals surface area contributed by atoms with Gasteiger partial charge in [-0.05, 0) is 56.4 Å². The van der Waals surface area contributed by atoms with Gasteiger partial charge in [-0.15, -0.1) is 0 Å². The molecule has 2 aromatic rings. The van der Waals surface area contributed by atoms with Crippen LogP contribution >= 0.6 is 12.2 Å². The molecule has 0 bridgehead atoms. The molecule has 11 nitrogen and oxygen atoms in total. The van der Waals surface area contributed by atoms with Gasteiger partial charge in [0.1, 0.15) is 23.5 Å². The number of thiocarbonyl (C=S) groups is 1. The van der Waals surface area contributed by atoms with Crippen LogP contribution in [0.15, 0.2) is 18.6 Å². The molecule has 1 unspecified atom stereocenters. The minimum absolute atomic E-state index is 0.0954. The lowest BCUT2D eigenvalue weighted by molar-refractivity contribution is -0.405. The number of fused-ring (bicyclic) bond motifs is 1. The maximum absolute atomic E-state index is 12.4. The Kier molecular flexibility index (Phi) is 9.03. The van der Waals surface area contributed by atoms with Crippen LogP contribution < -0.4 is 0 Å². The van der Waals surface area contributed by atoms with Crippen LogP contribution in [0.5, 0.6) is 0 Å². The number of rotatable bonds is 4. The molecule has 4 heterocycles. The van der Waals surface area contributed by atoms with E-state index in [4.69, 9.17) is 27.0 Å². The van der Waals surface area contributed by atoms with Crippen molar-refractivity contribution in [1.29, 1.82) is 5.26 Å². The van der Waals surface area contributed by atoms with E-state index in [2.05, 4.69) is 23.1 Å². The summed E-state index contributed by atoms with van der Waals surface area (Å²) in [6.45, 7) is 10.1. The summed E-state index contributed by atoms with van der Waals surface area (Å²) in [5.41, 5.74) is 0.115. The molecular weight excluding hydrogens is 530 g/mol. The van der Waals surface area contributed by atoms with Crippen molar-refractivity contribution in [3.05, 3.63) is 18.6 Å². The predicted molar refractivity (Wildman–Crippen MR) is 153 cm³/mol. The number of nitriles is 1. The SMILES string of the molecule is C[C@@H]1CCN(C(=O)CC#N)CC1/C=[N+](\C)c1ncnc2c1ccn2C(=S)OC1CCN(C(=O)OC(C)(C)C)CC1. The van der Waals surface area contributed by atoms with E-state index >= 15 is 0 Å². The number of carbonyl (C=O) groups excluding carboxylic acids is 2. The molecule has 2 aliphatic rings. The topological polar surface area (TPSA) is 117 Å². The Morgan fingerprint density at radius 2 is 1.90 bits per heavy atom. The Labute approximate surface area is 240 Å². The summed E-state index contributed by atoms with van der Waals surface area (Å²) in [7, 11) is 1.94. The van der Waals surface area contributed by atoms with Crippen LogP contribution in [-0.2, 0) is 14.3 Å². The summed E-state index contributed by atoms with van der Waals surface area (Å²) in [5.74, 6) is 1.12. The van der Waals surface area contributed by atoms with Crippen LogP contribution in [0.2, 0.25) is 0 Å². The van der Waals surface area contributed by atoms with Crippen LogP contribution in [0.25, 0.3) is 11.0 Å². The van der Waals surface area contributed by atoms with E-state index in [-0.39, 0.29) is 30.4 Å². The maximum Gasteiger partial charge on any atom is 0.410 e. The fraction of sp³-hybridized carbons (Fsp3) is 0.607. The van der Waals surface area contributed by atoms with Crippen molar-refractivity contribution in [2.45, 2.75) is 65.1 Å². The number of hydrogen-bond donors (Lipinski definition) is 0. The molecule has 214 valence electrons. The van der Waals surface area contributed by atoms with E-state index < -0.39 is 5.60 Å². The normalized spacial score (nSPS) is 20.8. The van der Waals surface area contributed by atoms with Crippen molar-refractivity contribution in [3.8, 4) is 6.07 Å². The second-order valence-electron chi connectivity index (χ2n) is 11.5. The summed E-state index contributed by atoms with van der Waals surface area (Å²) < 4.78 is 15.3. The highest BCUT2D eigenvalue weighted by Gasteiger charge is 2.31. The summed E-state index contributed by atoms with van der Waals surface area (Å²) in [6, 6.07) is 3.88. The second kappa shape index (κ2) is 12.3. The first-order valence-electron chi connectivity index (χ1n) is 13.7. The van der Waals surface area contributed by atoms with Gasteiger partial charge in [-0.3, -0.25) is 9.36 Å². The van der Waals surface area contributed by atoms with Gasteiger partial charge in [0.15, 0.2) is 5.65 Å². The number of amides is 2. The monoisotopic (exact) mass is 568 g/mol. The van der Waals surface area contributed by atoms with Gasteiger partial charge in [0.25, 0.3) is 5.17 Å². The van der Waals surface area contributed by atoms with Gasteiger partial charge in [-0.25, -0.2) is 9.37 Å². The van der Waals surface area contributed by atoms with Crippen molar-refractivity contribution in [2.75, 3.05) is 33.2 Å². The molecular formula is C28H38N7O4S+. The molecule has 2 amide bonds. The zero-order chi connectivity index (χ0) is 29.0. The molecule has 2 atom stereocenters. The molecule has 0 radical (unpaired) electrons. The van der Waals surface area contributed by atoms with E-state index in [1.54, 1.807) is 14.4 Å². The van der Waals surface area contributed by atoms with Crippen molar-refractivity contribution in [2.24, 2.45) is 11.8 Å². The molecule has 0 spiro atoms. The van der Waals surface area contributed by atoms with E-state index in [1.165, 1.54) is 6.33 Å². The second-order valence-corrected chi connectivity index (χ2v) is 11.9. The average Bonchev–Trinajstić information content (AvgIpc) is 3.34. The molecule has 4 rings (SSSR count). The Bertz CT molecular complexity index is 1330.